The average molecular weight is 676 g/mol. The van der Waals surface area contributed by atoms with Gasteiger partial charge in [-0.1, -0.05) is 52.5 Å². The van der Waals surface area contributed by atoms with Gasteiger partial charge in [0, 0.05) is 43.7 Å². The van der Waals surface area contributed by atoms with Gasteiger partial charge in [-0.25, -0.2) is 13.8 Å². The molecule has 1 fully saturated rings. The van der Waals surface area contributed by atoms with E-state index in [1.807, 2.05) is 19.2 Å². The molecule has 2 aliphatic heterocycles. The van der Waals surface area contributed by atoms with E-state index in [9.17, 15) is 9.59 Å². The Labute approximate surface area is 285 Å². The van der Waals surface area contributed by atoms with Crippen molar-refractivity contribution < 1.29 is 23.1 Å². The molecule has 5 rings (SSSR count). The number of thioether (sulfide) groups is 1. The maximum Gasteiger partial charge on any atom is 0.313 e. The summed E-state index contributed by atoms with van der Waals surface area (Å²) in [5.41, 5.74) is 2.04. The lowest BCUT2D eigenvalue weighted by molar-refractivity contribution is -0.137. The maximum atomic E-state index is 16.6. The Hall–Kier alpha value is -4.25. The normalized spacial score (nSPS) is 16.8. The molecule has 0 bridgehead atoms. The number of ether oxygens (including phenoxy) is 1. The summed E-state index contributed by atoms with van der Waals surface area (Å²) in [6.07, 6.45) is 4.01. The molecule has 0 radical (unpaired) electrons. The predicted molar refractivity (Wildman–Crippen MR) is 188 cm³/mol. The molecule has 48 heavy (non-hydrogen) atoms. The molecule has 8 nitrogen and oxygen atoms in total. The molecule has 1 saturated heterocycles. The van der Waals surface area contributed by atoms with E-state index < -0.39 is 23.5 Å². The molecule has 1 unspecified atom stereocenters. The Morgan fingerprint density at radius 2 is 1.81 bits per heavy atom. The zero-order valence-corrected chi connectivity index (χ0v) is 29.2. The van der Waals surface area contributed by atoms with Crippen molar-refractivity contribution in [2.24, 2.45) is 10.9 Å². The maximum absolute atomic E-state index is 16.6. The zero-order valence-electron chi connectivity index (χ0n) is 28.4. The van der Waals surface area contributed by atoms with E-state index in [0.717, 1.165) is 16.1 Å². The van der Waals surface area contributed by atoms with Gasteiger partial charge in [0.05, 0.1) is 22.7 Å². The topological polar surface area (TPSA) is 78.3 Å². The number of fused-ring (bicyclic) bond motifs is 1. The number of aliphatic imine (C=N–C) groups is 1. The molecule has 0 spiro atoms. The number of amides is 1. The number of pyridine rings is 1. The number of rotatable bonds is 7. The lowest BCUT2D eigenvalue weighted by Gasteiger charge is -2.42. The number of halogens is 2. The highest BCUT2D eigenvalue weighted by Crippen LogP contribution is 2.43. The second kappa shape index (κ2) is 14.9. The van der Waals surface area contributed by atoms with Crippen LogP contribution in [-0.2, 0) is 9.59 Å². The van der Waals surface area contributed by atoms with Gasteiger partial charge in [-0.2, -0.15) is 0 Å². The van der Waals surface area contributed by atoms with Crippen LogP contribution in [0.3, 0.4) is 0 Å². The van der Waals surface area contributed by atoms with Crippen LogP contribution in [0.2, 0.25) is 0 Å². The van der Waals surface area contributed by atoms with Gasteiger partial charge in [-0.15, -0.1) is 11.8 Å². The lowest BCUT2D eigenvalue weighted by atomic mass is 9.99. The molecular weight excluding hydrogens is 633 g/mol. The summed E-state index contributed by atoms with van der Waals surface area (Å²) in [7, 11) is 0. The molecule has 2 aliphatic rings. The summed E-state index contributed by atoms with van der Waals surface area (Å²) < 4.78 is 37.9. The molecule has 2 aromatic carbocycles. The Morgan fingerprint density at radius 3 is 2.48 bits per heavy atom. The largest absolute Gasteiger partial charge is 0.425 e. The van der Waals surface area contributed by atoms with Gasteiger partial charge < -0.3 is 19.4 Å². The van der Waals surface area contributed by atoms with E-state index in [1.54, 1.807) is 30.5 Å². The van der Waals surface area contributed by atoms with E-state index in [0.29, 0.717) is 56.4 Å². The Balaban J connectivity index is 1.76. The minimum atomic E-state index is -0.774. The van der Waals surface area contributed by atoms with Gasteiger partial charge in [0.15, 0.2) is 5.82 Å². The second-order valence-electron chi connectivity index (χ2n) is 12.7. The molecule has 0 N–H and O–H groups in total. The first kappa shape index (κ1) is 35.1. The molecule has 11 heteroatoms. The first-order valence-electron chi connectivity index (χ1n) is 16.3. The fraction of sp³-hybridized carbons (Fsp3) is 0.405. The molecule has 0 saturated carbocycles. The van der Waals surface area contributed by atoms with E-state index >= 15 is 8.78 Å². The standard InChI is InChI=1S/C37H43F2N5O3S/c1-8-31(45)42-18-19-43(24(6)21-42)35-26-20-28(39)33(32-27(38)13-10-14-29(32)47-37(46)23(4)5)41-36(26)44(17-11-16-40-35)34-25(22(2)3)12-9-15-30(34)48-7/h8-10,12-15,20,22-24H,1,11,16-19,21H2,2-7H3. The number of esters is 1. The summed E-state index contributed by atoms with van der Waals surface area (Å²) in [5.74, 6) is -1.66. The van der Waals surface area contributed by atoms with Crippen molar-refractivity contribution in [3.8, 4) is 17.0 Å². The second-order valence-corrected chi connectivity index (χ2v) is 13.5. The van der Waals surface area contributed by atoms with Crippen molar-refractivity contribution in [3.63, 3.8) is 0 Å². The van der Waals surface area contributed by atoms with E-state index in [-0.39, 0.29) is 34.9 Å². The summed E-state index contributed by atoms with van der Waals surface area (Å²) in [6, 6.07) is 11.5. The van der Waals surface area contributed by atoms with Crippen LogP contribution in [0.5, 0.6) is 5.75 Å². The van der Waals surface area contributed by atoms with Crippen LogP contribution in [0, 0.1) is 17.6 Å². The predicted octanol–water partition coefficient (Wildman–Crippen LogP) is 7.44. The van der Waals surface area contributed by atoms with Gasteiger partial charge in [0.1, 0.15) is 28.9 Å². The lowest BCUT2D eigenvalue weighted by Crippen LogP contribution is -2.55. The van der Waals surface area contributed by atoms with Crippen LogP contribution in [0.1, 0.15) is 58.1 Å². The minimum Gasteiger partial charge on any atom is -0.425 e. The Kier molecular flexibility index (Phi) is 10.9. The van der Waals surface area contributed by atoms with Crippen LogP contribution < -0.4 is 9.64 Å². The number of carbonyl (C=O) groups excluding carboxylic acids is 2. The number of nitrogens with zero attached hydrogens (tertiary/aromatic N) is 5. The van der Waals surface area contributed by atoms with Gasteiger partial charge in [-0.05, 0) is 61.4 Å². The Bertz CT molecular complexity index is 1740. The smallest absolute Gasteiger partial charge is 0.313 e. The monoisotopic (exact) mass is 675 g/mol. The number of aromatic nitrogens is 1. The number of piperazine rings is 1. The van der Waals surface area contributed by atoms with Crippen LogP contribution in [0.4, 0.5) is 20.3 Å². The fourth-order valence-electron chi connectivity index (χ4n) is 6.20. The van der Waals surface area contributed by atoms with Crippen molar-refractivity contribution in [3.05, 3.63) is 77.9 Å². The molecular formula is C37H43F2N5O3S. The van der Waals surface area contributed by atoms with Crippen LogP contribution in [-0.4, -0.2) is 77.5 Å². The van der Waals surface area contributed by atoms with Crippen molar-refractivity contribution in [2.75, 3.05) is 43.9 Å². The van der Waals surface area contributed by atoms with Crippen LogP contribution >= 0.6 is 11.8 Å². The summed E-state index contributed by atoms with van der Waals surface area (Å²) in [5, 5.41) is 0. The molecule has 1 aromatic heterocycles. The van der Waals surface area contributed by atoms with E-state index in [1.165, 1.54) is 30.3 Å². The number of anilines is 2. The molecule has 1 atom stereocenters. The van der Waals surface area contributed by atoms with Crippen LogP contribution in [0.25, 0.3) is 11.3 Å². The van der Waals surface area contributed by atoms with Gasteiger partial charge in [0.2, 0.25) is 5.91 Å². The van der Waals surface area contributed by atoms with Crippen molar-refractivity contribution in [1.82, 2.24) is 14.8 Å². The number of hydrogen-bond donors (Lipinski definition) is 0. The highest BCUT2D eigenvalue weighted by Gasteiger charge is 2.34. The van der Waals surface area contributed by atoms with Crippen molar-refractivity contribution >= 4 is 41.0 Å². The Morgan fingerprint density at radius 1 is 1.06 bits per heavy atom. The van der Waals surface area contributed by atoms with E-state index in [4.69, 9.17) is 14.7 Å². The van der Waals surface area contributed by atoms with Gasteiger partial charge >= 0.3 is 5.97 Å². The highest BCUT2D eigenvalue weighted by molar-refractivity contribution is 7.98. The third-order valence-electron chi connectivity index (χ3n) is 8.68. The quantitative estimate of drug-likeness (QED) is 0.112. The molecule has 254 valence electrons. The summed E-state index contributed by atoms with van der Waals surface area (Å²) in [6.45, 7) is 15.6. The number of amidine groups is 1. The van der Waals surface area contributed by atoms with Crippen LogP contribution in [0.15, 0.2) is 65.0 Å². The molecule has 3 aromatic rings. The summed E-state index contributed by atoms with van der Waals surface area (Å²) >= 11 is 1.61. The van der Waals surface area contributed by atoms with Crippen molar-refractivity contribution in [2.45, 2.75) is 57.9 Å². The van der Waals surface area contributed by atoms with Gasteiger partial charge in [0.25, 0.3) is 0 Å². The third kappa shape index (κ3) is 6.97. The fourth-order valence-corrected chi connectivity index (χ4v) is 6.83. The minimum absolute atomic E-state index is 0.102. The first-order valence-corrected chi connectivity index (χ1v) is 17.6. The molecule has 0 aliphatic carbocycles. The SMILES string of the molecule is C=CC(=O)N1CCN(C2=NCCCN(c3c(SC)cccc3C(C)C)c3nc(-c4c(F)cccc4OC(=O)C(C)C)c(F)cc32)C(C)C1. The van der Waals surface area contributed by atoms with E-state index in [2.05, 4.69) is 42.4 Å². The van der Waals surface area contributed by atoms with Crippen molar-refractivity contribution in [1.29, 1.82) is 0 Å². The number of hydrogen-bond acceptors (Lipinski definition) is 8. The first-order chi connectivity index (χ1) is 23.0. The number of benzene rings is 2. The average Bonchev–Trinajstić information content (AvgIpc) is 3.05. The zero-order chi connectivity index (χ0) is 34.7. The molecule has 3 heterocycles. The third-order valence-corrected chi connectivity index (χ3v) is 9.45. The van der Waals surface area contributed by atoms with Gasteiger partial charge in [-0.3, -0.25) is 14.6 Å². The molecule has 1 amide bonds. The number of carbonyl (C=O) groups is 2. The summed E-state index contributed by atoms with van der Waals surface area (Å²) in [4.78, 5) is 42.0. The highest BCUT2D eigenvalue weighted by atomic mass is 32.2. The number of para-hydroxylation sites is 1.